The normalized spacial score (nSPS) is 27.9. The van der Waals surface area contributed by atoms with Gasteiger partial charge in [0.1, 0.15) is 0 Å². The van der Waals surface area contributed by atoms with Gasteiger partial charge in [-0.3, -0.25) is 4.90 Å². The zero-order valence-corrected chi connectivity index (χ0v) is 11.3. The van der Waals surface area contributed by atoms with E-state index in [-0.39, 0.29) is 5.54 Å². The summed E-state index contributed by atoms with van der Waals surface area (Å²) in [6, 6.07) is 1.66. The molecule has 1 saturated carbocycles. The molecule has 2 aliphatic rings. The van der Waals surface area contributed by atoms with Crippen LogP contribution in [0.15, 0.2) is 0 Å². The van der Waals surface area contributed by atoms with Crippen molar-refractivity contribution in [2.24, 2.45) is 0 Å². The van der Waals surface area contributed by atoms with Crippen LogP contribution >= 0.6 is 0 Å². The topological polar surface area (TPSA) is 18.5 Å². The fraction of sp³-hybridized carbons (Fsp3) is 1.00. The molecular weight excluding hydrogens is 198 g/mol. The van der Waals surface area contributed by atoms with Crippen LogP contribution in [0.5, 0.6) is 0 Å². The zero-order chi connectivity index (χ0) is 11.8. The lowest BCUT2D eigenvalue weighted by molar-refractivity contribution is 0.183. The van der Waals surface area contributed by atoms with Crippen molar-refractivity contribution in [1.82, 2.24) is 15.1 Å². The predicted molar refractivity (Wildman–Crippen MR) is 68.8 cm³/mol. The summed E-state index contributed by atoms with van der Waals surface area (Å²) in [7, 11) is 4.32. The molecule has 1 aliphatic heterocycles. The highest BCUT2D eigenvalue weighted by Crippen LogP contribution is 2.29. The highest BCUT2D eigenvalue weighted by molar-refractivity contribution is 4.93. The number of hydrogen-bond acceptors (Lipinski definition) is 3. The lowest BCUT2D eigenvalue weighted by Crippen LogP contribution is -2.49. The molecular formula is C13H27N3. The summed E-state index contributed by atoms with van der Waals surface area (Å²) in [5.41, 5.74) is 0.257. The lowest BCUT2D eigenvalue weighted by Gasteiger charge is -2.34. The van der Waals surface area contributed by atoms with E-state index in [0.29, 0.717) is 0 Å². The minimum atomic E-state index is 0.257. The van der Waals surface area contributed by atoms with Crippen LogP contribution in [-0.4, -0.2) is 61.2 Å². The van der Waals surface area contributed by atoms with Gasteiger partial charge in [0.2, 0.25) is 0 Å². The first-order chi connectivity index (χ1) is 7.49. The second kappa shape index (κ2) is 4.63. The standard InChI is InChI=1S/C13H27N3/c1-13(2,15(3)4)10-14-11-7-8-16(9-11)12-5-6-12/h11-12,14H,5-10H2,1-4H3. The second-order valence-corrected chi connectivity index (χ2v) is 6.30. The molecule has 0 bridgehead atoms. The maximum atomic E-state index is 3.73. The molecule has 1 N–H and O–H groups in total. The molecule has 3 nitrogen and oxygen atoms in total. The Labute approximate surface area is 100 Å². The highest BCUT2D eigenvalue weighted by atomic mass is 15.2. The molecule has 16 heavy (non-hydrogen) atoms. The fourth-order valence-corrected chi connectivity index (χ4v) is 2.28. The molecule has 1 unspecified atom stereocenters. The van der Waals surface area contributed by atoms with Crippen molar-refractivity contribution in [3.63, 3.8) is 0 Å². The summed E-state index contributed by atoms with van der Waals surface area (Å²) in [6.45, 7) is 8.27. The van der Waals surface area contributed by atoms with E-state index in [0.717, 1.165) is 18.6 Å². The minimum Gasteiger partial charge on any atom is -0.311 e. The number of nitrogens with zero attached hydrogens (tertiary/aromatic N) is 2. The molecule has 2 fully saturated rings. The van der Waals surface area contributed by atoms with Gasteiger partial charge in [-0.15, -0.1) is 0 Å². The minimum absolute atomic E-state index is 0.257. The number of nitrogens with one attached hydrogen (secondary N) is 1. The highest BCUT2D eigenvalue weighted by Gasteiger charge is 2.34. The van der Waals surface area contributed by atoms with E-state index < -0.39 is 0 Å². The van der Waals surface area contributed by atoms with Gasteiger partial charge in [-0.1, -0.05) is 0 Å². The first kappa shape index (κ1) is 12.3. The maximum absolute atomic E-state index is 3.73. The zero-order valence-electron chi connectivity index (χ0n) is 11.3. The van der Waals surface area contributed by atoms with Gasteiger partial charge >= 0.3 is 0 Å². The van der Waals surface area contributed by atoms with E-state index in [9.17, 15) is 0 Å². The van der Waals surface area contributed by atoms with Crippen LogP contribution in [0.25, 0.3) is 0 Å². The smallest absolute Gasteiger partial charge is 0.0271 e. The monoisotopic (exact) mass is 225 g/mol. The largest absolute Gasteiger partial charge is 0.311 e. The average molecular weight is 225 g/mol. The first-order valence-corrected chi connectivity index (χ1v) is 6.64. The second-order valence-electron chi connectivity index (χ2n) is 6.30. The quantitative estimate of drug-likeness (QED) is 0.757. The number of rotatable bonds is 5. The molecule has 0 aromatic rings. The van der Waals surface area contributed by atoms with Gasteiger partial charge in [0.05, 0.1) is 0 Å². The van der Waals surface area contributed by atoms with E-state index in [2.05, 4.69) is 43.1 Å². The number of likely N-dealkylation sites (tertiary alicyclic amines) is 1. The van der Waals surface area contributed by atoms with Crippen LogP contribution in [0.1, 0.15) is 33.1 Å². The van der Waals surface area contributed by atoms with Crippen molar-refractivity contribution in [2.75, 3.05) is 33.7 Å². The van der Waals surface area contributed by atoms with Gasteiger partial charge in [-0.2, -0.15) is 0 Å². The molecule has 94 valence electrons. The van der Waals surface area contributed by atoms with Crippen LogP contribution in [0, 0.1) is 0 Å². The van der Waals surface area contributed by atoms with E-state index >= 15 is 0 Å². The summed E-state index contributed by atoms with van der Waals surface area (Å²) in [4.78, 5) is 4.97. The Balaban J connectivity index is 1.70. The Morgan fingerprint density at radius 1 is 1.25 bits per heavy atom. The van der Waals surface area contributed by atoms with E-state index in [1.807, 2.05) is 0 Å². The Kier molecular flexibility index (Phi) is 3.57. The van der Waals surface area contributed by atoms with E-state index in [4.69, 9.17) is 0 Å². The van der Waals surface area contributed by atoms with Crippen LogP contribution < -0.4 is 5.32 Å². The Bertz CT molecular complexity index is 233. The van der Waals surface area contributed by atoms with Crippen molar-refractivity contribution >= 4 is 0 Å². The third-order valence-corrected chi connectivity index (χ3v) is 4.32. The fourth-order valence-electron chi connectivity index (χ4n) is 2.28. The van der Waals surface area contributed by atoms with Gasteiger partial charge < -0.3 is 10.2 Å². The van der Waals surface area contributed by atoms with Gasteiger partial charge in [0.15, 0.2) is 0 Å². The maximum Gasteiger partial charge on any atom is 0.0271 e. The van der Waals surface area contributed by atoms with Gasteiger partial charge in [-0.25, -0.2) is 0 Å². The van der Waals surface area contributed by atoms with Crippen LogP contribution in [0.4, 0.5) is 0 Å². The summed E-state index contributed by atoms with van der Waals surface area (Å²) in [6.07, 6.45) is 4.21. The van der Waals surface area contributed by atoms with Crippen molar-refractivity contribution in [3.05, 3.63) is 0 Å². The Hall–Kier alpha value is -0.120. The van der Waals surface area contributed by atoms with Crippen LogP contribution in [-0.2, 0) is 0 Å². The summed E-state index contributed by atoms with van der Waals surface area (Å²) >= 11 is 0. The summed E-state index contributed by atoms with van der Waals surface area (Å²) < 4.78 is 0. The van der Waals surface area contributed by atoms with Crippen molar-refractivity contribution in [1.29, 1.82) is 0 Å². The van der Waals surface area contributed by atoms with E-state index in [1.54, 1.807) is 0 Å². The van der Waals surface area contributed by atoms with Crippen molar-refractivity contribution in [2.45, 2.75) is 50.7 Å². The summed E-state index contributed by atoms with van der Waals surface area (Å²) in [5.74, 6) is 0. The lowest BCUT2D eigenvalue weighted by atomic mass is 10.0. The molecule has 0 aromatic carbocycles. The van der Waals surface area contributed by atoms with Crippen molar-refractivity contribution < 1.29 is 0 Å². The molecule has 0 spiro atoms. The summed E-state index contributed by atoms with van der Waals surface area (Å²) in [5, 5.41) is 3.73. The molecule has 0 amide bonds. The van der Waals surface area contributed by atoms with Crippen LogP contribution in [0.3, 0.4) is 0 Å². The molecule has 0 aromatic heterocycles. The van der Waals surface area contributed by atoms with Crippen LogP contribution in [0.2, 0.25) is 0 Å². The molecule has 0 radical (unpaired) electrons. The first-order valence-electron chi connectivity index (χ1n) is 6.64. The van der Waals surface area contributed by atoms with Gasteiger partial charge in [0, 0.05) is 37.3 Å². The Morgan fingerprint density at radius 3 is 2.50 bits per heavy atom. The van der Waals surface area contributed by atoms with E-state index in [1.165, 1.54) is 32.4 Å². The Morgan fingerprint density at radius 2 is 1.94 bits per heavy atom. The predicted octanol–water partition coefficient (Wildman–Crippen LogP) is 1.15. The molecule has 1 aliphatic carbocycles. The number of hydrogen-bond donors (Lipinski definition) is 1. The SMILES string of the molecule is CN(C)C(C)(C)CNC1CCN(C2CC2)C1. The molecule has 1 heterocycles. The van der Waals surface area contributed by atoms with Crippen molar-refractivity contribution in [3.8, 4) is 0 Å². The van der Waals surface area contributed by atoms with Gasteiger partial charge in [-0.05, 0) is 47.2 Å². The molecule has 3 heteroatoms. The third-order valence-electron chi connectivity index (χ3n) is 4.32. The number of likely N-dealkylation sites (N-methyl/N-ethyl adjacent to an activating group) is 1. The molecule has 1 saturated heterocycles. The molecule has 2 rings (SSSR count). The molecule has 1 atom stereocenters. The average Bonchev–Trinajstić information content (AvgIpc) is 2.95. The third kappa shape index (κ3) is 2.96. The van der Waals surface area contributed by atoms with Gasteiger partial charge in [0.25, 0.3) is 0 Å².